The van der Waals surface area contributed by atoms with E-state index in [0.29, 0.717) is 12.6 Å². The average molecular weight is 551 g/mol. The van der Waals surface area contributed by atoms with Crippen molar-refractivity contribution in [3.8, 4) is 5.69 Å². The average Bonchev–Trinajstić information content (AvgIpc) is 3.42. The van der Waals surface area contributed by atoms with Gasteiger partial charge in [-0.05, 0) is 64.2 Å². The third kappa shape index (κ3) is 6.25. The summed E-state index contributed by atoms with van der Waals surface area (Å²) < 4.78 is 2.03. The van der Waals surface area contributed by atoms with E-state index in [1.807, 2.05) is 11.6 Å². The second-order valence-electron chi connectivity index (χ2n) is 9.06. The van der Waals surface area contributed by atoms with E-state index in [2.05, 4.69) is 64.8 Å². The molecule has 2 heterocycles. The number of rotatable bonds is 6. The van der Waals surface area contributed by atoms with Crippen molar-refractivity contribution in [1.82, 2.24) is 25.3 Å². The number of aliphatic imine (C=N–C) groups is 1. The van der Waals surface area contributed by atoms with E-state index >= 15 is 0 Å². The molecule has 1 aromatic heterocycles. The summed E-state index contributed by atoms with van der Waals surface area (Å²) >= 11 is 0. The fraction of sp³-hybridized carbons (Fsp3) is 0.600. The van der Waals surface area contributed by atoms with Crippen molar-refractivity contribution >= 4 is 29.9 Å². The highest BCUT2D eigenvalue weighted by molar-refractivity contribution is 14.0. The van der Waals surface area contributed by atoms with E-state index in [9.17, 15) is 0 Å². The van der Waals surface area contributed by atoms with Crippen LogP contribution >= 0.6 is 24.0 Å². The third-order valence-electron chi connectivity index (χ3n) is 6.69. The van der Waals surface area contributed by atoms with Gasteiger partial charge in [0.15, 0.2) is 5.96 Å². The van der Waals surface area contributed by atoms with E-state index in [-0.39, 0.29) is 24.0 Å². The van der Waals surface area contributed by atoms with E-state index in [0.717, 1.165) is 35.6 Å². The van der Waals surface area contributed by atoms with Crippen LogP contribution < -0.4 is 10.6 Å². The highest BCUT2D eigenvalue weighted by Crippen LogP contribution is 2.26. The lowest BCUT2D eigenvalue weighted by Crippen LogP contribution is -2.50. The molecule has 4 rings (SSSR count). The second kappa shape index (κ2) is 12.0. The first-order valence-electron chi connectivity index (χ1n) is 12.0. The maximum absolute atomic E-state index is 4.94. The Morgan fingerprint density at radius 3 is 2.47 bits per heavy atom. The lowest BCUT2D eigenvalue weighted by Gasteiger charge is -2.36. The molecule has 1 aromatic carbocycles. The van der Waals surface area contributed by atoms with Crippen molar-refractivity contribution in [2.45, 2.75) is 77.9 Å². The molecule has 32 heavy (non-hydrogen) atoms. The molecule has 6 nitrogen and oxygen atoms in total. The van der Waals surface area contributed by atoms with Crippen LogP contribution in [0.5, 0.6) is 0 Å². The number of hydrogen-bond donors (Lipinski definition) is 2. The fourth-order valence-electron chi connectivity index (χ4n) is 5.08. The van der Waals surface area contributed by atoms with E-state index in [1.54, 1.807) is 0 Å². The molecule has 0 radical (unpaired) electrons. The summed E-state index contributed by atoms with van der Waals surface area (Å²) in [6, 6.07) is 11.9. The summed E-state index contributed by atoms with van der Waals surface area (Å²) in [7, 11) is 0. The number of benzene rings is 1. The first-order chi connectivity index (χ1) is 15.1. The molecular formula is C25H39IN6. The lowest BCUT2D eigenvalue weighted by molar-refractivity contribution is 0.150. The van der Waals surface area contributed by atoms with E-state index < -0.39 is 0 Å². The molecule has 1 saturated carbocycles. The molecule has 0 atom stereocenters. The molecule has 0 unspecified atom stereocenters. The molecule has 1 aliphatic heterocycles. The van der Waals surface area contributed by atoms with Crippen LogP contribution in [0.3, 0.4) is 0 Å². The number of nitrogens with one attached hydrogen (secondary N) is 2. The predicted octanol–water partition coefficient (Wildman–Crippen LogP) is 4.57. The molecule has 0 spiro atoms. The maximum atomic E-state index is 4.94. The van der Waals surface area contributed by atoms with Crippen molar-refractivity contribution < 1.29 is 0 Å². The first-order valence-corrected chi connectivity index (χ1v) is 12.0. The van der Waals surface area contributed by atoms with Gasteiger partial charge < -0.3 is 15.5 Å². The maximum Gasteiger partial charge on any atom is 0.191 e. The Bertz CT molecular complexity index is 878. The van der Waals surface area contributed by atoms with Gasteiger partial charge in [0.25, 0.3) is 0 Å². The summed E-state index contributed by atoms with van der Waals surface area (Å²) in [5, 5.41) is 11.8. The molecular weight excluding hydrogens is 511 g/mol. The minimum Gasteiger partial charge on any atom is -0.357 e. The van der Waals surface area contributed by atoms with E-state index in [4.69, 9.17) is 4.99 Å². The monoisotopic (exact) mass is 550 g/mol. The highest BCUT2D eigenvalue weighted by Gasteiger charge is 2.27. The van der Waals surface area contributed by atoms with Crippen LogP contribution in [0, 0.1) is 13.8 Å². The SMILES string of the molecule is CCNC(=NCc1ccccc1-n1nc(C)cc1C)NC1CCN(C2CCCC2)CC1.I. The third-order valence-corrected chi connectivity index (χ3v) is 6.69. The minimum atomic E-state index is 0. The molecule has 0 amide bonds. The number of para-hydroxylation sites is 1. The molecule has 0 bridgehead atoms. The van der Waals surface area contributed by atoms with Crippen molar-refractivity contribution in [3.05, 3.63) is 47.3 Å². The summed E-state index contributed by atoms with van der Waals surface area (Å²) in [6.45, 7) is 10.2. The number of aryl methyl sites for hydroxylation is 2. The van der Waals surface area contributed by atoms with Gasteiger partial charge in [-0.25, -0.2) is 9.67 Å². The predicted molar refractivity (Wildman–Crippen MR) is 143 cm³/mol. The quantitative estimate of drug-likeness (QED) is 0.315. The number of guanidine groups is 1. The van der Waals surface area contributed by atoms with Crippen molar-refractivity contribution in [2.75, 3.05) is 19.6 Å². The normalized spacial score (nSPS) is 18.5. The molecule has 2 fully saturated rings. The van der Waals surface area contributed by atoms with E-state index in [1.165, 1.54) is 57.2 Å². The van der Waals surface area contributed by atoms with Crippen LogP contribution in [0.25, 0.3) is 5.69 Å². The van der Waals surface area contributed by atoms with Crippen molar-refractivity contribution in [3.63, 3.8) is 0 Å². The number of nitrogens with zero attached hydrogens (tertiary/aromatic N) is 4. The molecule has 176 valence electrons. The van der Waals surface area contributed by atoms with Crippen molar-refractivity contribution in [1.29, 1.82) is 0 Å². The Hall–Kier alpha value is -1.61. The van der Waals surface area contributed by atoms with Crippen LogP contribution in [-0.2, 0) is 6.54 Å². The van der Waals surface area contributed by atoms with Gasteiger partial charge in [-0.15, -0.1) is 24.0 Å². The number of likely N-dealkylation sites (tertiary alicyclic amines) is 1. The number of piperidine rings is 1. The zero-order valence-electron chi connectivity index (χ0n) is 19.8. The molecule has 2 aliphatic rings. The fourth-order valence-corrected chi connectivity index (χ4v) is 5.08. The van der Waals surface area contributed by atoms with Gasteiger partial charge in [-0.3, -0.25) is 0 Å². The molecule has 2 aromatic rings. The van der Waals surface area contributed by atoms with Gasteiger partial charge >= 0.3 is 0 Å². The highest BCUT2D eigenvalue weighted by atomic mass is 127. The van der Waals surface area contributed by atoms with Crippen LogP contribution in [-0.4, -0.2) is 52.4 Å². The largest absolute Gasteiger partial charge is 0.357 e. The first kappa shape index (κ1) is 25.0. The van der Waals surface area contributed by atoms with Gasteiger partial charge in [0, 0.05) is 37.4 Å². The van der Waals surface area contributed by atoms with Crippen LogP contribution in [0.4, 0.5) is 0 Å². The molecule has 1 saturated heterocycles. The minimum absolute atomic E-state index is 0. The van der Waals surface area contributed by atoms with Gasteiger partial charge in [-0.1, -0.05) is 31.0 Å². The van der Waals surface area contributed by atoms with Gasteiger partial charge in [0.2, 0.25) is 0 Å². The number of aromatic nitrogens is 2. The Morgan fingerprint density at radius 1 is 1.09 bits per heavy atom. The van der Waals surface area contributed by atoms with Crippen LogP contribution in [0.1, 0.15) is 62.4 Å². The zero-order chi connectivity index (χ0) is 21.6. The summed E-state index contributed by atoms with van der Waals surface area (Å²) in [4.78, 5) is 7.66. The Labute approximate surface area is 210 Å². The van der Waals surface area contributed by atoms with Gasteiger partial charge in [0.05, 0.1) is 17.9 Å². The topological polar surface area (TPSA) is 57.5 Å². The standard InChI is InChI=1S/C25H38N6.HI/c1-4-26-25(28-22-13-15-30(16-14-22)23-10-6-7-11-23)27-18-21-9-5-8-12-24(21)31-20(3)17-19(2)29-31;/h5,8-9,12,17,22-23H,4,6-7,10-11,13-16,18H2,1-3H3,(H2,26,27,28);1H. The van der Waals surface area contributed by atoms with Crippen LogP contribution in [0.15, 0.2) is 35.3 Å². The molecule has 2 N–H and O–H groups in total. The lowest BCUT2D eigenvalue weighted by atomic mass is 10.0. The Morgan fingerprint density at radius 2 is 1.81 bits per heavy atom. The molecule has 7 heteroatoms. The Balaban J connectivity index is 0.00000289. The zero-order valence-corrected chi connectivity index (χ0v) is 22.1. The number of halogens is 1. The Kier molecular flexibility index (Phi) is 9.40. The number of hydrogen-bond acceptors (Lipinski definition) is 3. The second-order valence-corrected chi connectivity index (χ2v) is 9.06. The molecule has 1 aliphatic carbocycles. The summed E-state index contributed by atoms with van der Waals surface area (Å²) in [5.74, 6) is 0.921. The summed E-state index contributed by atoms with van der Waals surface area (Å²) in [6.07, 6.45) is 8.03. The van der Waals surface area contributed by atoms with Crippen molar-refractivity contribution in [2.24, 2.45) is 4.99 Å². The van der Waals surface area contributed by atoms with Gasteiger partial charge in [-0.2, -0.15) is 5.10 Å². The van der Waals surface area contributed by atoms with Crippen LogP contribution in [0.2, 0.25) is 0 Å². The smallest absolute Gasteiger partial charge is 0.191 e. The summed E-state index contributed by atoms with van der Waals surface area (Å²) in [5.41, 5.74) is 4.47. The van der Waals surface area contributed by atoms with Gasteiger partial charge in [0.1, 0.15) is 0 Å².